The maximum atomic E-state index is 8.85. The van der Waals surface area contributed by atoms with Gasteiger partial charge in [-0.3, -0.25) is 0 Å². The molecule has 2 rings (SSSR count). The number of hydrogen-bond donors (Lipinski definition) is 0. The summed E-state index contributed by atoms with van der Waals surface area (Å²) in [5.74, 6) is 1.47. The molecule has 2 aromatic carbocycles. The lowest BCUT2D eigenvalue weighted by molar-refractivity contribution is 0.251. The van der Waals surface area contributed by atoms with Gasteiger partial charge in [0.1, 0.15) is 24.2 Å². The molecule has 0 amide bonds. The summed E-state index contributed by atoms with van der Waals surface area (Å²) < 4.78 is 11.2. The van der Waals surface area contributed by atoms with Crippen LogP contribution in [0.15, 0.2) is 54.6 Å². The van der Waals surface area contributed by atoms with Gasteiger partial charge in [0.25, 0.3) is 0 Å². The average molecular weight is 267 g/mol. The Kier molecular flexibility index (Phi) is 5.02. The van der Waals surface area contributed by atoms with Crippen molar-refractivity contribution in [2.75, 3.05) is 0 Å². The minimum Gasteiger partial charge on any atom is -0.489 e. The highest BCUT2D eigenvalue weighted by atomic mass is 16.5. The van der Waals surface area contributed by atoms with Crippen LogP contribution in [0.1, 0.15) is 18.9 Å². The van der Waals surface area contributed by atoms with Gasteiger partial charge in [-0.2, -0.15) is 5.26 Å². The second-order valence-corrected chi connectivity index (χ2v) is 4.39. The molecule has 102 valence electrons. The van der Waals surface area contributed by atoms with Gasteiger partial charge >= 0.3 is 0 Å². The third kappa shape index (κ3) is 4.03. The largest absolute Gasteiger partial charge is 0.489 e. The van der Waals surface area contributed by atoms with Gasteiger partial charge in [-0.1, -0.05) is 37.3 Å². The number of benzene rings is 2. The van der Waals surface area contributed by atoms with Crippen LogP contribution in [-0.4, -0.2) is 6.10 Å². The van der Waals surface area contributed by atoms with E-state index in [9.17, 15) is 0 Å². The lowest BCUT2D eigenvalue weighted by atomic mass is 10.2. The average Bonchev–Trinajstić information content (AvgIpc) is 2.53. The molecular formula is C17H17NO2. The number of hydrogen-bond acceptors (Lipinski definition) is 3. The Bertz CT molecular complexity index is 558. The fourth-order valence-corrected chi connectivity index (χ4v) is 1.72. The molecule has 1 unspecified atom stereocenters. The van der Waals surface area contributed by atoms with Crippen LogP contribution in [-0.2, 0) is 6.61 Å². The molecule has 0 N–H and O–H groups in total. The van der Waals surface area contributed by atoms with Crippen molar-refractivity contribution in [3.05, 3.63) is 60.2 Å². The van der Waals surface area contributed by atoms with Gasteiger partial charge in [-0.15, -0.1) is 0 Å². The third-order valence-electron chi connectivity index (χ3n) is 2.87. The minimum atomic E-state index is -0.397. The van der Waals surface area contributed by atoms with E-state index in [1.54, 1.807) is 0 Å². The summed E-state index contributed by atoms with van der Waals surface area (Å²) in [7, 11) is 0. The van der Waals surface area contributed by atoms with Crippen molar-refractivity contribution in [3.8, 4) is 17.6 Å². The van der Waals surface area contributed by atoms with Crippen molar-refractivity contribution in [1.29, 1.82) is 5.26 Å². The summed E-state index contributed by atoms with van der Waals surface area (Å²) in [5, 5.41) is 8.85. The molecule has 0 saturated carbocycles. The zero-order valence-electron chi connectivity index (χ0n) is 11.5. The highest BCUT2D eigenvalue weighted by molar-refractivity contribution is 5.32. The van der Waals surface area contributed by atoms with E-state index < -0.39 is 6.10 Å². The van der Waals surface area contributed by atoms with Crippen molar-refractivity contribution < 1.29 is 9.47 Å². The smallest absolute Gasteiger partial charge is 0.184 e. The van der Waals surface area contributed by atoms with E-state index in [-0.39, 0.29) is 0 Å². The Morgan fingerprint density at radius 2 is 1.65 bits per heavy atom. The molecular weight excluding hydrogens is 250 g/mol. The Morgan fingerprint density at radius 3 is 2.25 bits per heavy atom. The molecule has 0 fully saturated rings. The van der Waals surface area contributed by atoms with Crippen molar-refractivity contribution in [1.82, 2.24) is 0 Å². The lowest BCUT2D eigenvalue weighted by Gasteiger charge is -2.11. The fourth-order valence-electron chi connectivity index (χ4n) is 1.72. The van der Waals surface area contributed by atoms with Crippen LogP contribution in [0, 0.1) is 11.3 Å². The summed E-state index contributed by atoms with van der Waals surface area (Å²) >= 11 is 0. The Hall–Kier alpha value is -2.47. The van der Waals surface area contributed by atoms with Crippen molar-refractivity contribution in [3.63, 3.8) is 0 Å². The molecule has 20 heavy (non-hydrogen) atoms. The van der Waals surface area contributed by atoms with E-state index in [1.165, 1.54) is 0 Å². The van der Waals surface area contributed by atoms with Gasteiger partial charge in [-0.25, -0.2) is 0 Å². The summed E-state index contributed by atoms with van der Waals surface area (Å²) in [6.07, 6.45) is 0.272. The Morgan fingerprint density at radius 1 is 1.00 bits per heavy atom. The Labute approximate surface area is 119 Å². The first kappa shape index (κ1) is 14.0. The first-order valence-corrected chi connectivity index (χ1v) is 6.65. The molecule has 3 heteroatoms. The summed E-state index contributed by atoms with van der Waals surface area (Å²) in [6, 6.07) is 19.5. The van der Waals surface area contributed by atoms with Crippen LogP contribution >= 0.6 is 0 Å². The molecule has 0 saturated heterocycles. The molecule has 0 heterocycles. The van der Waals surface area contributed by atoms with Gasteiger partial charge < -0.3 is 9.47 Å². The van der Waals surface area contributed by atoms with E-state index in [2.05, 4.69) is 6.07 Å². The predicted molar refractivity (Wildman–Crippen MR) is 77.5 cm³/mol. The maximum Gasteiger partial charge on any atom is 0.184 e. The first-order valence-electron chi connectivity index (χ1n) is 6.65. The molecule has 3 nitrogen and oxygen atoms in total. The fraction of sp³-hybridized carbons (Fsp3) is 0.235. The number of nitrogens with zero attached hydrogens (tertiary/aromatic N) is 1. The molecule has 2 aromatic rings. The normalized spacial score (nSPS) is 11.4. The van der Waals surface area contributed by atoms with E-state index in [1.807, 2.05) is 61.5 Å². The van der Waals surface area contributed by atoms with E-state index in [0.29, 0.717) is 18.8 Å². The molecule has 0 radical (unpaired) electrons. The zero-order valence-corrected chi connectivity index (χ0v) is 11.5. The second-order valence-electron chi connectivity index (χ2n) is 4.39. The summed E-state index contributed by atoms with van der Waals surface area (Å²) in [5.41, 5.74) is 1.13. The topological polar surface area (TPSA) is 42.2 Å². The number of rotatable bonds is 6. The summed E-state index contributed by atoms with van der Waals surface area (Å²) in [6.45, 7) is 2.46. The van der Waals surface area contributed by atoms with Gasteiger partial charge in [-0.05, 0) is 36.2 Å². The molecule has 0 bridgehead atoms. The molecule has 1 atom stereocenters. The van der Waals surface area contributed by atoms with Crippen LogP contribution in [0.25, 0.3) is 0 Å². The molecule has 0 aliphatic rings. The van der Waals surface area contributed by atoms with Crippen molar-refractivity contribution in [2.45, 2.75) is 26.1 Å². The molecule has 0 aliphatic heterocycles. The van der Waals surface area contributed by atoms with Gasteiger partial charge in [0.2, 0.25) is 0 Å². The third-order valence-corrected chi connectivity index (χ3v) is 2.87. The van der Waals surface area contributed by atoms with Crippen LogP contribution in [0.5, 0.6) is 11.5 Å². The quantitative estimate of drug-likeness (QED) is 0.796. The minimum absolute atomic E-state index is 0.397. The van der Waals surface area contributed by atoms with Crippen molar-refractivity contribution in [2.24, 2.45) is 0 Å². The molecule has 0 aromatic heterocycles. The first-order chi connectivity index (χ1) is 9.81. The van der Waals surface area contributed by atoms with Crippen LogP contribution in [0.3, 0.4) is 0 Å². The highest BCUT2D eigenvalue weighted by Gasteiger charge is 2.05. The van der Waals surface area contributed by atoms with Crippen LogP contribution in [0.4, 0.5) is 0 Å². The van der Waals surface area contributed by atoms with Gasteiger partial charge in [0.05, 0.1) is 0 Å². The number of nitriles is 1. The standard InChI is InChI=1S/C17H17NO2/c1-2-15(12-18)20-17-10-8-16(9-11-17)19-13-14-6-4-3-5-7-14/h3-11,15H,2,13H2,1H3. The lowest BCUT2D eigenvalue weighted by Crippen LogP contribution is -2.11. The summed E-state index contributed by atoms with van der Waals surface area (Å²) in [4.78, 5) is 0. The molecule has 0 spiro atoms. The monoisotopic (exact) mass is 267 g/mol. The predicted octanol–water partition coefficient (Wildman–Crippen LogP) is 3.95. The highest BCUT2D eigenvalue weighted by Crippen LogP contribution is 2.20. The Balaban J connectivity index is 1.90. The second kappa shape index (κ2) is 7.20. The van der Waals surface area contributed by atoms with Crippen molar-refractivity contribution >= 4 is 0 Å². The van der Waals surface area contributed by atoms with Crippen LogP contribution in [0.2, 0.25) is 0 Å². The SMILES string of the molecule is CCC(C#N)Oc1ccc(OCc2ccccc2)cc1. The van der Waals surface area contributed by atoms with E-state index in [4.69, 9.17) is 14.7 Å². The zero-order chi connectivity index (χ0) is 14.2. The van der Waals surface area contributed by atoms with E-state index in [0.717, 1.165) is 11.3 Å². The van der Waals surface area contributed by atoms with Crippen LogP contribution < -0.4 is 9.47 Å². The maximum absolute atomic E-state index is 8.85. The van der Waals surface area contributed by atoms with E-state index >= 15 is 0 Å². The van der Waals surface area contributed by atoms with Gasteiger partial charge in [0.15, 0.2) is 6.10 Å². The molecule has 0 aliphatic carbocycles. The number of ether oxygens (including phenoxy) is 2. The van der Waals surface area contributed by atoms with Gasteiger partial charge in [0, 0.05) is 0 Å².